The first-order valence-electron chi connectivity index (χ1n) is 10.4. The second-order valence-corrected chi connectivity index (χ2v) is 8.97. The third-order valence-electron chi connectivity index (χ3n) is 5.43. The highest BCUT2D eigenvalue weighted by molar-refractivity contribution is 7.15. The molecule has 6 heteroatoms. The molecule has 0 spiro atoms. The predicted molar refractivity (Wildman–Crippen MR) is 131 cm³/mol. The molecular formula is C26H21ClN2O2S. The Kier molecular flexibility index (Phi) is 5.93. The zero-order valence-electron chi connectivity index (χ0n) is 17.5. The molecule has 0 saturated heterocycles. The number of nitrogens with zero attached hydrogens (tertiary/aromatic N) is 2. The van der Waals surface area contributed by atoms with Gasteiger partial charge < -0.3 is 9.47 Å². The zero-order chi connectivity index (χ0) is 21.9. The number of fused-ring (bicyclic) bond motifs is 3. The van der Waals surface area contributed by atoms with Gasteiger partial charge >= 0.3 is 0 Å². The molecule has 0 atom stereocenters. The van der Waals surface area contributed by atoms with Crippen molar-refractivity contribution in [2.24, 2.45) is 4.99 Å². The summed E-state index contributed by atoms with van der Waals surface area (Å²) in [5.74, 6) is 1.68. The van der Waals surface area contributed by atoms with Crippen LogP contribution in [0.15, 0.2) is 71.7 Å². The lowest BCUT2D eigenvalue weighted by Gasteiger charge is -2.15. The van der Waals surface area contributed by atoms with Crippen LogP contribution in [0.3, 0.4) is 0 Å². The molecule has 32 heavy (non-hydrogen) atoms. The molecule has 1 heterocycles. The third-order valence-corrected chi connectivity index (χ3v) is 6.82. The van der Waals surface area contributed by atoms with E-state index in [4.69, 9.17) is 26.1 Å². The fraction of sp³-hybridized carbons (Fsp3) is 0.154. The smallest absolute Gasteiger partial charge is 0.209 e. The first-order chi connectivity index (χ1) is 15.7. The maximum absolute atomic E-state index is 6.19. The molecule has 0 fully saturated rings. The van der Waals surface area contributed by atoms with Crippen LogP contribution in [0.1, 0.15) is 21.6 Å². The van der Waals surface area contributed by atoms with Gasteiger partial charge in [0.05, 0.1) is 12.8 Å². The first-order valence-corrected chi connectivity index (χ1v) is 11.6. The van der Waals surface area contributed by atoms with Gasteiger partial charge in [0.2, 0.25) is 5.13 Å². The van der Waals surface area contributed by atoms with E-state index in [-0.39, 0.29) is 0 Å². The second kappa shape index (κ2) is 9.15. The van der Waals surface area contributed by atoms with Crippen LogP contribution >= 0.6 is 22.9 Å². The lowest BCUT2D eigenvalue weighted by molar-refractivity contribution is 0.306. The molecule has 0 N–H and O–H groups in total. The summed E-state index contributed by atoms with van der Waals surface area (Å²) >= 11 is 7.85. The van der Waals surface area contributed by atoms with Crippen molar-refractivity contribution in [2.45, 2.75) is 19.4 Å². The molecule has 0 bridgehead atoms. The lowest BCUT2D eigenvalue weighted by atomic mass is 9.93. The zero-order valence-corrected chi connectivity index (χ0v) is 19.1. The van der Waals surface area contributed by atoms with Crippen LogP contribution in [0.2, 0.25) is 5.02 Å². The molecule has 5 rings (SSSR count). The van der Waals surface area contributed by atoms with Crippen LogP contribution < -0.4 is 9.47 Å². The molecule has 0 amide bonds. The Morgan fingerprint density at radius 2 is 1.84 bits per heavy atom. The average Bonchev–Trinajstić information content (AvgIpc) is 3.26. The van der Waals surface area contributed by atoms with Crippen molar-refractivity contribution in [1.29, 1.82) is 0 Å². The van der Waals surface area contributed by atoms with Gasteiger partial charge in [-0.15, -0.1) is 0 Å². The molecule has 3 aromatic carbocycles. The standard InChI is InChI=1S/C26H21ClN2O2S/c1-30-21-11-12-22-18(14-21)8-13-24-25(22)29-26(32-24)28-15-17-6-9-20(10-7-17)31-16-19-4-2-3-5-23(19)27/h2-7,9-12,14-15H,8,13,16H2,1H3. The normalized spacial score (nSPS) is 12.4. The first kappa shape index (κ1) is 20.7. The van der Waals surface area contributed by atoms with Gasteiger partial charge in [0, 0.05) is 27.2 Å². The van der Waals surface area contributed by atoms with E-state index in [1.54, 1.807) is 18.4 Å². The summed E-state index contributed by atoms with van der Waals surface area (Å²) in [5, 5.41) is 1.49. The van der Waals surface area contributed by atoms with Crippen molar-refractivity contribution >= 4 is 34.3 Å². The number of halogens is 1. The van der Waals surface area contributed by atoms with E-state index >= 15 is 0 Å². The fourth-order valence-electron chi connectivity index (χ4n) is 3.71. The molecule has 4 aromatic rings. The number of benzene rings is 3. The summed E-state index contributed by atoms with van der Waals surface area (Å²) in [6, 6.07) is 21.7. The van der Waals surface area contributed by atoms with E-state index in [0.29, 0.717) is 11.6 Å². The number of hydrogen-bond donors (Lipinski definition) is 0. The molecule has 160 valence electrons. The maximum Gasteiger partial charge on any atom is 0.209 e. The Labute approximate surface area is 196 Å². The molecule has 1 aliphatic carbocycles. The number of ether oxygens (including phenoxy) is 2. The summed E-state index contributed by atoms with van der Waals surface area (Å²) in [5.41, 5.74) is 5.48. The van der Waals surface area contributed by atoms with E-state index < -0.39 is 0 Å². The Bertz CT molecular complexity index is 1280. The minimum absolute atomic E-state index is 0.436. The largest absolute Gasteiger partial charge is 0.497 e. The van der Waals surface area contributed by atoms with E-state index in [0.717, 1.165) is 46.3 Å². The number of aromatic nitrogens is 1. The van der Waals surface area contributed by atoms with Crippen molar-refractivity contribution < 1.29 is 9.47 Å². The van der Waals surface area contributed by atoms with Crippen LogP contribution in [-0.2, 0) is 19.4 Å². The topological polar surface area (TPSA) is 43.7 Å². The molecule has 4 nitrogen and oxygen atoms in total. The van der Waals surface area contributed by atoms with Crippen LogP contribution in [0.25, 0.3) is 11.3 Å². The molecule has 1 aliphatic rings. The van der Waals surface area contributed by atoms with Gasteiger partial charge in [-0.25, -0.2) is 9.98 Å². The highest BCUT2D eigenvalue weighted by Gasteiger charge is 2.21. The third kappa shape index (κ3) is 4.40. The van der Waals surface area contributed by atoms with Crippen molar-refractivity contribution in [3.63, 3.8) is 0 Å². The Morgan fingerprint density at radius 1 is 1.03 bits per heavy atom. The SMILES string of the molecule is COc1ccc2c(c1)CCc1sc(N=Cc3ccc(OCc4ccccc4Cl)cc3)nc1-2. The highest BCUT2D eigenvalue weighted by Crippen LogP contribution is 2.40. The van der Waals surface area contributed by atoms with Crippen molar-refractivity contribution in [3.05, 3.63) is 93.3 Å². The molecule has 1 aromatic heterocycles. The number of rotatable bonds is 6. The highest BCUT2D eigenvalue weighted by atomic mass is 35.5. The van der Waals surface area contributed by atoms with Crippen LogP contribution in [0, 0.1) is 0 Å². The van der Waals surface area contributed by atoms with E-state index in [1.807, 2.05) is 60.8 Å². The lowest BCUT2D eigenvalue weighted by Crippen LogP contribution is -2.02. The van der Waals surface area contributed by atoms with Crippen LogP contribution in [0.5, 0.6) is 11.5 Å². The van der Waals surface area contributed by atoms with Gasteiger partial charge in [0.25, 0.3) is 0 Å². The summed E-state index contributed by atoms with van der Waals surface area (Å²) in [6.45, 7) is 0.436. The monoisotopic (exact) mass is 460 g/mol. The minimum Gasteiger partial charge on any atom is -0.497 e. The fourth-order valence-corrected chi connectivity index (χ4v) is 4.82. The van der Waals surface area contributed by atoms with Crippen molar-refractivity contribution in [1.82, 2.24) is 4.98 Å². The van der Waals surface area contributed by atoms with Gasteiger partial charge in [-0.3, -0.25) is 0 Å². The second-order valence-electron chi connectivity index (χ2n) is 7.50. The van der Waals surface area contributed by atoms with Gasteiger partial charge in [-0.05, 0) is 72.5 Å². The van der Waals surface area contributed by atoms with Crippen LogP contribution in [-0.4, -0.2) is 18.3 Å². The van der Waals surface area contributed by atoms with Crippen molar-refractivity contribution in [2.75, 3.05) is 7.11 Å². The van der Waals surface area contributed by atoms with E-state index in [9.17, 15) is 0 Å². The summed E-state index contributed by atoms with van der Waals surface area (Å²) in [4.78, 5) is 10.7. The van der Waals surface area contributed by atoms with Gasteiger partial charge in [-0.2, -0.15) is 0 Å². The van der Waals surface area contributed by atoms with Crippen molar-refractivity contribution in [3.8, 4) is 22.8 Å². The van der Waals surface area contributed by atoms with Gasteiger partial charge in [-0.1, -0.05) is 41.1 Å². The van der Waals surface area contributed by atoms with E-state index in [1.165, 1.54) is 16.0 Å². The summed E-state index contributed by atoms with van der Waals surface area (Å²) < 4.78 is 11.2. The number of thiazole rings is 1. The Morgan fingerprint density at radius 3 is 2.66 bits per heavy atom. The number of aryl methyl sites for hydroxylation is 2. The Hall–Kier alpha value is -3.15. The van der Waals surface area contributed by atoms with Gasteiger partial charge in [0.15, 0.2) is 0 Å². The number of aliphatic imine (C=N–C) groups is 1. The predicted octanol–water partition coefficient (Wildman–Crippen LogP) is 6.90. The quantitative estimate of drug-likeness (QED) is 0.294. The Balaban J connectivity index is 1.27. The number of methoxy groups -OCH3 is 1. The number of hydrogen-bond acceptors (Lipinski definition) is 5. The van der Waals surface area contributed by atoms with E-state index in [2.05, 4.69) is 17.1 Å². The minimum atomic E-state index is 0.436. The molecule has 0 aliphatic heterocycles. The van der Waals surface area contributed by atoms with Crippen LogP contribution in [0.4, 0.5) is 5.13 Å². The maximum atomic E-state index is 6.19. The molecule has 0 radical (unpaired) electrons. The summed E-state index contributed by atoms with van der Waals surface area (Å²) in [7, 11) is 1.70. The average molecular weight is 461 g/mol. The molecular weight excluding hydrogens is 440 g/mol. The van der Waals surface area contributed by atoms with Gasteiger partial charge in [0.1, 0.15) is 18.1 Å². The summed E-state index contributed by atoms with van der Waals surface area (Å²) in [6.07, 6.45) is 3.83. The molecule has 0 unspecified atom stereocenters. The molecule has 0 saturated carbocycles.